The lowest BCUT2D eigenvalue weighted by Gasteiger charge is -2.26. The lowest BCUT2D eigenvalue weighted by atomic mass is 10.1. The average molecular weight is 568 g/mol. The molecule has 1 saturated heterocycles. The lowest BCUT2D eigenvalue weighted by Crippen LogP contribution is -2.54. The van der Waals surface area contributed by atoms with Crippen LogP contribution in [0.5, 0.6) is 5.75 Å². The van der Waals surface area contributed by atoms with Gasteiger partial charge in [-0.1, -0.05) is 23.2 Å². The fourth-order valence-corrected chi connectivity index (χ4v) is 3.86. The first-order valence-electron chi connectivity index (χ1n) is 11.2. The molecule has 1 aliphatic heterocycles. The second-order valence-corrected chi connectivity index (χ2v) is 8.90. The summed E-state index contributed by atoms with van der Waals surface area (Å²) < 4.78 is 10.3. The fourth-order valence-electron chi connectivity index (χ4n) is 3.55. The quantitative estimate of drug-likeness (QED) is 0.244. The van der Waals surface area contributed by atoms with Crippen molar-refractivity contribution in [2.45, 2.75) is 0 Å². The minimum absolute atomic E-state index is 0.116. The highest BCUT2D eigenvalue weighted by molar-refractivity contribution is 6.39. The van der Waals surface area contributed by atoms with Crippen LogP contribution in [0.1, 0.15) is 15.9 Å². The molecule has 0 radical (unpaired) electrons. The van der Waals surface area contributed by atoms with Gasteiger partial charge in [0.25, 0.3) is 17.7 Å². The van der Waals surface area contributed by atoms with E-state index >= 15 is 0 Å². The van der Waals surface area contributed by atoms with Crippen LogP contribution in [0.15, 0.2) is 72.3 Å². The molecule has 0 aliphatic carbocycles. The highest BCUT2D eigenvalue weighted by Crippen LogP contribution is 2.28. The number of carbonyl (C=O) groups is 5. The zero-order chi connectivity index (χ0) is 28.1. The molecule has 3 aromatic rings. The molecule has 0 atom stereocenters. The van der Waals surface area contributed by atoms with Crippen molar-refractivity contribution >= 4 is 70.4 Å². The fraction of sp³-hybridized carbons (Fsp3) is 0.0741. The maximum Gasteiger partial charge on any atom is 0.337 e. The van der Waals surface area contributed by atoms with Crippen LogP contribution in [0.4, 0.5) is 16.2 Å². The Bertz CT molecular complexity index is 1500. The molecular weight excluding hydrogens is 549 g/mol. The van der Waals surface area contributed by atoms with Crippen molar-refractivity contribution in [1.29, 1.82) is 0 Å². The first-order chi connectivity index (χ1) is 18.7. The summed E-state index contributed by atoms with van der Waals surface area (Å²) in [5.41, 5.74) is 0.670. The number of hydrogen-bond acceptors (Lipinski definition) is 7. The molecule has 2 N–H and O–H groups in total. The van der Waals surface area contributed by atoms with Crippen molar-refractivity contribution in [3.05, 3.63) is 93.5 Å². The summed E-state index contributed by atoms with van der Waals surface area (Å²) in [6.45, 7) is -0.391. The largest absolute Gasteiger partial charge is 0.483 e. The summed E-state index contributed by atoms with van der Waals surface area (Å²) in [6.07, 6.45) is 1.21. The van der Waals surface area contributed by atoms with Crippen LogP contribution in [0.3, 0.4) is 0 Å². The Balaban J connectivity index is 1.57. The molecule has 3 aromatic carbocycles. The van der Waals surface area contributed by atoms with Gasteiger partial charge in [0.2, 0.25) is 0 Å². The summed E-state index contributed by atoms with van der Waals surface area (Å²) in [5.74, 6) is -2.75. The van der Waals surface area contributed by atoms with E-state index in [2.05, 4.69) is 15.4 Å². The maximum absolute atomic E-state index is 13.3. The second kappa shape index (κ2) is 11.8. The Morgan fingerprint density at radius 3 is 2.28 bits per heavy atom. The highest BCUT2D eigenvalue weighted by atomic mass is 35.5. The van der Waals surface area contributed by atoms with E-state index in [4.69, 9.17) is 27.9 Å². The van der Waals surface area contributed by atoms with Crippen molar-refractivity contribution in [1.82, 2.24) is 5.32 Å². The van der Waals surface area contributed by atoms with Crippen molar-refractivity contribution < 1.29 is 33.4 Å². The van der Waals surface area contributed by atoms with Gasteiger partial charge in [-0.25, -0.2) is 14.5 Å². The van der Waals surface area contributed by atoms with Crippen LogP contribution in [-0.2, 0) is 19.1 Å². The molecular formula is C27H19Cl2N3O7. The molecule has 4 rings (SSSR count). The number of benzene rings is 3. The lowest BCUT2D eigenvalue weighted by molar-refractivity contribution is -0.122. The molecule has 0 aromatic heterocycles. The number of halogens is 2. The molecule has 39 heavy (non-hydrogen) atoms. The van der Waals surface area contributed by atoms with Crippen LogP contribution >= 0.6 is 23.2 Å². The molecule has 12 heteroatoms. The normalized spacial score (nSPS) is 14.2. The van der Waals surface area contributed by atoms with Gasteiger partial charge in [-0.3, -0.25) is 19.7 Å². The number of esters is 1. The Morgan fingerprint density at radius 2 is 1.62 bits per heavy atom. The third-order valence-electron chi connectivity index (χ3n) is 5.41. The van der Waals surface area contributed by atoms with Gasteiger partial charge in [0.1, 0.15) is 11.3 Å². The van der Waals surface area contributed by atoms with Crippen LogP contribution in [0.25, 0.3) is 6.08 Å². The predicted octanol–water partition coefficient (Wildman–Crippen LogP) is 4.46. The van der Waals surface area contributed by atoms with Gasteiger partial charge >= 0.3 is 12.0 Å². The number of methoxy groups -OCH3 is 1. The van der Waals surface area contributed by atoms with E-state index in [1.54, 1.807) is 24.3 Å². The van der Waals surface area contributed by atoms with Crippen molar-refractivity contribution in [3.63, 3.8) is 0 Å². The number of barbiturate groups is 1. The third-order valence-corrected chi connectivity index (χ3v) is 5.89. The smallest absolute Gasteiger partial charge is 0.337 e. The number of urea groups is 1. The number of ether oxygens (including phenoxy) is 2. The standard InChI is InChI=1S/C27H19Cl2N3O7/c1-38-26(36)15-2-9-20(10-3-15)32-25(35)21(24(34)31-27(32)37)13-16-12-18(29)6-11-22(16)39-14-23(33)30-19-7-4-17(28)5-8-19/h2-13H,14H2,1H3,(H,30,33)(H,31,34,37)/b21-13+. The second-order valence-electron chi connectivity index (χ2n) is 8.02. The van der Waals surface area contributed by atoms with Crippen molar-refractivity contribution in [2.24, 2.45) is 0 Å². The Hall–Kier alpha value is -4.67. The molecule has 1 fully saturated rings. The summed E-state index contributed by atoms with van der Waals surface area (Å²) in [7, 11) is 1.22. The summed E-state index contributed by atoms with van der Waals surface area (Å²) >= 11 is 12.0. The molecule has 0 spiro atoms. The topological polar surface area (TPSA) is 131 Å². The van der Waals surface area contributed by atoms with E-state index < -0.39 is 36.3 Å². The Labute approximate surface area is 232 Å². The van der Waals surface area contributed by atoms with E-state index in [-0.39, 0.29) is 33.2 Å². The van der Waals surface area contributed by atoms with E-state index in [0.717, 1.165) is 4.90 Å². The van der Waals surface area contributed by atoms with Gasteiger partial charge in [-0.2, -0.15) is 0 Å². The SMILES string of the molecule is COC(=O)c1ccc(N2C(=O)NC(=O)/C(=C\c3cc(Cl)ccc3OCC(=O)Nc3ccc(Cl)cc3)C2=O)cc1. The number of nitrogens with zero attached hydrogens (tertiary/aromatic N) is 1. The predicted molar refractivity (Wildman–Crippen MR) is 144 cm³/mol. The molecule has 0 unspecified atom stereocenters. The molecule has 0 bridgehead atoms. The van der Waals surface area contributed by atoms with Crippen LogP contribution in [0, 0.1) is 0 Å². The number of anilines is 2. The van der Waals surface area contributed by atoms with Gasteiger partial charge in [0.15, 0.2) is 6.61 Å². The first kappa shape index (κ1) is 27.4. The number of imide groups is 2. The Morgan fingerprint density at radius 1 is 0.949 bits per heavy atom. The van der Waals surface area contributed by atoms with Crippen LogP contribution in [-0.4, -0.2) is 43.4 Å². The molecule has 1 heterocycles. The third kappa shape index (κ3) is 6.43. The summed E-state index contributed by atoms with van der Waals surface area (Å²) in [5, 5.41) is 5.56. The van der Waals surface area contributed by atoms with E-state index in [9.17, 15) is 24.0 Å². The Kier molecular flexibility index (Phi) is 8.28. The minimum Gasteiger partial charge on any atom is -0.483 e. The molecule has 5 amide bonds. The van der Waals surface area contributed by atoms with Crippen molar-refractivity contribution in [2.75, 3.05) is 23.9 Å². The monoisotopic (exact) mass is 567 g/mol. The van der Waals surface area contributed by atoms with E-state index in [1.165, 1.54) is 55.7 Å². The van der Waals surface area contributed by atoms with E-state index in [1.807, 2.05) is 0 Å². The van der Waals surface area contributed by atoms with Crippen LogP contribution < -0.4 is 20.3 Å². The number of amides is 5. The molecule has 198 valence electrons. The maximum atomic E-state index is 13.3. The summed E-state index contributed by atoms with van der Waals surface area (Å²) in [4.78, 5) is 63.2. The van der Waals surface area contributed by atoms with Gasteiger partial charge in [0.05, 0.1) is 18.4 Å². The first-order valence-corrected chi connectivity index (χ1v) is 12.0. The van der Waals surface area contributed by atoms with E-state index in [0.29, 0.717) is 10.7 Å². The highest BCUT2D eigenvalue weighted by Gasteiger charge is 2.37. The molecule has 0 saturated carbocycles. The molecule has 10 nitrogen and oxygen atoms in total. The summed E-state index contributed by atoms with van der Waals surface area (Å²) in [6, 6.07) is 15.4. The number of hydrogen-bond donors (Lipinski definition) is 2. The van der Waals surface area contributed by atoms with Gasteiger partial charge in [0, 0.05) is 21.3 Å². The number of nitrogens with one attached hydrogen (secondary N) is 2. The van der Waals surface area contributed by atoms with Crippen LogP contribution in [0.2, 0.25) is 10.0 Å². The van der Waals surface area contributed by atoms with Crippen molar-refractivity contribution in [3.8, 4) is 5.75 Å². The van der Waals surface area contributed by atoms with Gasteiger partial charge in [-0.15, -0.1) is 0 Å². The van der Waals surface area contributed by atoms with Gasteiger partial charge in [-0.05, 0) is 72.8 Å². The molecule has 1 aliphatic rings. The number of rotatable bonds is 7. The minimum atomic E-state index is -0.964. The van der Waals surface area contributed by atoms with Gasteiger partial charge < -0.3 is 14.8 Å². The number of carbonyl (C=O) groups excluding carboxylic acids is 5. The zero-order valence-corrected chi connectivity index (χ0v) is 21.7. The zero-order valence-electron chi connectivity index (χ0n) is 20.2. The average Bonchev–Trinajstić information content (AvgIpc) is 2.91.